The predicted molar refractivity (Wildman–Crippen MR) is 63.9 cm³/mol. The lowest BCUT2D eigenvalue weighted by Gasteiger charge is -2.01. The third kappa shape index (κ3) is 1.61. The van der Waals surface area contributed by atoms with E-state index in [1.807, 2.05) is 12.1 Å². The number of nitrogen functional groups attached to an aromatic ring is 1. The quantitative estimate of drug-likeness (QED) is 0.610. The molecule has 0 amide bonds. The second kappa shape index (κ2) is 3.81. The van der Waals surface area contributed by atoms with Gasteiger partial charge in [0.25, 0.3) is 0 Å². The Bertz CT molecular complexity index is 464. The van der Waals surface area contributed by atoms with Gasteiger partial charge in [0.2, 0.25) is 0 Å². The summed E-state index contributed by atoms with van der Waals surface area (Å²) in [4.78, 5) is 0. The van der Waals surface area contributed by atoms with E-state index < -0.39 is 0 Å². The number of aliphatic hydroxyl groups is 1. The monoisotopic (exact) mass is 225 g/mol. The maximum Gasteiger partial charge on any atom is 0.0702 e. The Balaban J connectivity index is 2.64. The van der Waals surface area contributed by atoms with E-state index in [1.54, 1.807) is 23.1 Å². The highest BCUT2D eigenvalue weighted by Crippen LogP contribution is 2.34. The number of fused-ring (bicyclic) bond motifs is 1. The summed E-state index contributed by atoms with van der Waals surface area (Å²) in [6.07, 6.45) is 2.06. The molecule has 1 aromatic heterocycles. The zero-order chi connectivity index (χ0) is 10.1. The Morgan fingerprint density at radius 1 is 1.43 bits per heavy atom. The van der Waals surface area contributed by atoms with Crippen LogP contribution in [-0.2, 0) is 6.61 Å². The van der Waals surface area contributed by atoms with Crippen molar-refractivity contribution in [2.45, 2.75) is 10.8 Å². The lowest BCUT2D eigenvalue weighted by Crippen LogP contribution is -1.92. The first-order chi connectivity index (χ1) is 6.74. The van der Waals surface area contributed by atoms with Gasteiger partial charge in [-0.3, -0.25) is 0 Å². The fourth-order valence-electron chi connectivity index (χ4n) is 1.36. The Morgan fingerprint density at radius 2 is 2.21 bits per heavy atom. The maximum atomic E-state index is 9.06. The van der Waals surface area contributed by atoms with Gasteiger partial charge in [-0.2, -0.15) is 0 Å². The number of hydrogen-bond acceptors (Lipinski definition) is 4. The molecular formula is C10H11NOS2. The van der Waals surface area contributed by atoms with Crippen molar-refractivity contribution in [1.29, 1.82) is 0 Å². The van der Waals surface area contributed by atoms with Gasteiger partial charge in [0.05, 0.1) is 10.8 Å². The molecule has 0 spiro atoms. The average Bonchev–Trinajstić information content (AvgIpc) is 2.58. The van der Waals surface area contributed by atoms with Gasteiger partial charge in [-0.25, -0.2) is 0 Å². The summed E-state index contributed by atoms with van der Waals surface area (Å²) in [6, 6.07) is 6.02. The predicted octanol–water partition coefficient (Wildman–Crippen LogP) is 2.70. The van der Waals surface area contributed by atoms with E-state index in [1.165, 1.54) is 8.91 Å². The first-order valence-corrected chi connectivity index (χ1v) is 6.25. The summed E-state index contributed by atoms with van der Waals surface area (Å²) >= 11 is 3.46. The Hall–Kier alpha value is -0.710. The fraction of sp³-hybridized carbons (Fsp3) is 0.200. The minimum absolute atomic E-state index is 0.00617. The molecule has 0 saturated carbocycles. The van der Waals surface area contributed by atoms with Crippen LogP contribution in [0.4, 0.5) is 5.69 Å². The second-order valence-electron chi connectivity index (χ2n) is 3.02. The molecule has 0 bridgehead atoms. The molecule has 0 atom stereocenters. The number of hydrogen-bond donors (Lipinski definition) is 2. The van der Waals surface area contributed by atoms with Crippen molar-refractivity contribution >= 4 is 38.9 Å². The van der Waals surface area contributed by atoms with Gasteiger partial charge >= 0.3 is 0 Å². The average molecular weight is 225 g/mol. The highest BCUT2D eigenvalue weighted by Gasteiger charge is 2.05. The molecule has 1 aromatic carbocycles. The Kier molecular flexibility index (Phi) is 2.67. The SMILES string of the molecule is CSc1cc2cc(CO)c(N)cc2s1. The van der Waals surface area contributed by atoms with Crippen LogP contribution < -0.4 is 5.73 Å². The summed E-state index contributed by atoms with van der Waals surface area (Å²) in [5.41, 5.74) is 7.27. The summed E-state index contributed by atoms with van der Waals surface area (Å²) in [6.45, 7) is 0.00617. The van der Waals surface area contributed by atoms with Crippen LogP contribution in [0.1, 0.15) is 5.56 Å². The lowest BCUT2D eigenvalue weighted by molar-refractivity contribution is 0.282. The summed E-state index contributed by atoms with van der Waals surface area (Å²) in [5, 5.41) is 10.2. The Labute approximate surface area is 90.7 Å². The van der Waals surface area contributed by atoms with E-state index in [9.17, 15) is 0 Å². The van der Waals surface area contributed by atoms with Crippen LogP contribution in [-0.4, -0.2) is 11.4 Å². The van der Waals surface area contributed by atoms with Gasteiger partial charge in [-0.15, -0.1) is 23.1 Å². The van der Waals surface area contributed by atoms with Gasteiger partial charge in [-0.1, -0.05) is 0 Å². The third-order valence-corrected chi connectivity index (χ3v) is 4.29. The summed E-state index contributed by atoms with van der Waals surface area (Å²) < 4.78 is 2.46. The third-order valence-electron chi connectivity index (χ3n) is 2.13. The number of aliphatic hydroxyl groups excluding tert-OH is 1. The van der Waals surface area contributed by atoms with Crippen LogP contribution in [0.2, 0.25) is 0 Å². The van der Waals surface area contributed by atoms with E-state index in [0.29, 0.717) is 5.69 Å². The van der Waals surface area contributed by atoms with Crippen molar-refractivity contribution in [2.24, 2.45) is 0 Å². The molecule has 0 aliphatic rings. The van der Waals surface area contributed by atoms with E-state index in [2.05, 4.69) is 12.3 Å². The number of thiophene rings is 1. The zero-order valence-electron chi connectivity index (χ0n) is 7.78. The van der Waals surface area contributed by atoms with Gasteiger partial charge in [0.1, 0.15) is 0 Å². The van der Waals surface area contributed by atoms with Gasteiger partial charge in [0.15, 0.2) is 0 Å². The molecule has 1 heterocycles. The van der Waals surface area contributed by atoms with Crippen LogP contribution in [0.15, 0.2) is 22.4 Å². The second-order valence-corrected chi connectivity index (χ2v) is 5.21. The van der Waals surface area contributed by atoms with Crippen LogP contribution in [0.25, 0.3) is 10.1 Å². The molecule has 0 aliphatic heterocycles. The van der Waals surface area contributed by atoms with Crippen LogP contribution >= 0.6 is 23.1 Å². The molecule has 0 aliphatic carbocycles. The van der Waals surface area contributed by atoms with Crippen molar-refractivity contribution in [3.05, 3.63) is 23.8 Å². The van der Waals surface area contributed by atoms with E-state index in [-0.39, 0.29) is 6.61 Å². The highest BCUT2D eigenvalue weighted by molar-refractivity contribution is 8.00. The van der Waals surface area contributed by atoms with Crippen molar-refractivity contribution in [3.63, 3.8) is 0 Å². The van der Waals surface area contributed by atoms with Crippen LogP contribution in [0.3, 0.4) is 0 Å². The molecule has 0 unspecified atom stereocenters. The minimum Gasteiger partial charge on any atom is -0.398 e. The van der Waals surface area contributed by atoms with Gasteiger partial charge in [-0.05, 0) is 29.8 Å². The molecule has 4 heteroatoms. The first-order valence-electron chi connectivity index (χ1n) is 4.21. The van der Waals surface area contributed by atoms with E-state index >= 15 is 0 Å². The van der Waals surface area contributed by atoms with Gasteiger partial charge in [0, 0.05) is 16.0 Å². The summed E-state index contributed by atoms with van der Waals surface area (Å²) in [5.74, 6) is 0. The molecule has 14 heavy (non-hydrogen) atoms. The normalized spacial score (nSPS) is 11.0. The number of thioether (sulfide) groups is 1. The van der Waals surface area contributed by atoms with Gasteiger partial charge < -0.3 is 10.8 Å². The van der Waals surface area contributed by atoms with Crippen LogP contribution in [0.5, 0.6) is 0 Å². The molecule has 2 nitrogen and oxygen atoms in total. The fourth-order valence-corrected chi connectivity index (χ4v) is 3.03. The number of rotatable bonds is 2. The number of anilines is 1. The minimum atomic E-state index is 0.00617. The Morgan fingerprint density at radius 3 is 2.86 bits per heavy atom. The lowest BCUT2D eigenvalue weighted by atomic mass is 10.1. The molecule has 2 rings (SSSR count). The number of nitrogens with two attached hydrogens (primary N) is 1. The molecule has 74 valence electrons. The van der Waals surface area contributed by atoms with Crippen molar-refractivity contribution < 1.29 is 5.11 Å². The standard InChI is InChI=1S/C10H11NOS2/c1-13-10-3-6-2-7(5-12)8(11)4-9(6)14-10/h2-4,12H,5,11H2,1H3. The molecule has 3 N–H and O–H groups in total. The van der Waals surface area contributed by atoms with E-state index in [4.69, 9.17) is 10.8 Å². The topological polar surface area (TPSA) is 46.2 Å². The molecule has 0 fully saturated rings. The maximum absolute atomic E-state index is 9.06. The van der Waals surface area contributed by atoms with Crippen molar-refractivity contribution in [3.8, 4) is 0 Å². The molecule has 2 aromatic rings. The molecular weight excluding hydrogens is 214 g/mol. The first kappa shape index (κ1) is 9.83. The molecule has 0 saturated heterocycles. The largest absolute Gasteiger partial charge is 0.398 e. The molecule has 0 radical (unpaired) electrons. The van der Waals surface area contributed by atoms with E-state index in [0.717, 1.165) is 10.9 Å². The summed E-state index contributed by atoms with van der Waals surface area (Å²) in [7, 11) is 0. The smallest absolute Gasteiger partial charge is 0.0702 e. The van der Waals surface area contributed by atoms with Crippen LogP contribution in [0, 0.1) is 0 Å². The highest BCUT2D eigenvalue weighted by atomic mass is 32.2. The van der Waals surface area contributed by atoms with Crippen molar-refractivity contribution in [2.75, 3.05) is 12.0 Å². The number of benzene rings is 1. The van der Waals surface area contributed by atoms with Crippen molar-refractivity contribution in [1.82, 2.24) is 0 Å². The zero-order valence-corrected chi connectivity index (χ0v) is 9.41.